The molecule has 0 aliphatic carbocycles. The topological polar surface area (TPSA) is 25.8 Å². The molecular weight excluding hydrogens is 208 g/mol. The van der Waals surface area contributed by atoms with E-state index in [-0.39, 0.29) is 0 Å². The summed E-state index contributed by atoms with van der Waals surface area (Å²) in [6.07, 6.45) is 3.58. The fraction of sp³-hybridized carbons (Fsp3) is 0.167. The first-order valence-corrected chi connectivity index (χ1v) is 5.27. The Bertz CT molecular complexity index is 454. The van der Waals surface area contributed by atoms with E-state index in [2.05, 4.69) is 9.97 Å². The molecular formula is C12H11ClN2. The van der Waals surface area contributed by atoms with Crippen molar-refractivity contribution >= 4 is 11.6 Å². The number of hydrogen-bond acceptors (Lipinski definition) is 2. The van der Waals surface area contributed by atoms with E-state index in [9.17, 15) is 0 Å². The summed E-state index contributed by atoms with van der Waals surface area (Å²) in [7, 11) is 0. The van der Waals surface area contributed by atoms with Crippen LogP contribution in [0.1, 0.15) is 11.4 Å². The van der Waals surface area contributed by atoms with E-state index in [0.29, 0.717) is 5.88 Å². The Balaban J connectivity index is 2.53. The van der Waals surface area contributed by atoms with Gasteiger partial charge in [0.15, 0.2) is 0 Å². The highest BCUT2D eigenvalue weighted by molar-refractivity contribution is 6.17. The van der Waals surface area contributed by atoms with Crippen molar-refractivity contribution in [2.45, 2.75) is 12.8 Å². The molecule has 0 spiro atoms. The van der Waals surface area contributed by atoms with E-state index in [1.54, 1.807) is 6.20 Å². The van der Waals surface area contributed by atoms with Gasteiger partial charge in [-0.25, -0.2) is 0 Å². The van der Waals surface area contributed by atoms with Gasteiger partial charge in [-0.3, -0.25) is 9.97 Å². The average Bonchev–Trinajstić information content (AvgIpc) is 2.30. The third kappa shape index (κ3) is 2.16. The van der Waals surface area contributed by atoms with Crippen LogP contribution in [0.2, 0.25) is 0 Å². The molecule has 0 aliphatic heterocycles. The Kier molecular flexibility index (Phi) is 2.97. The first kappa shape index (κ1) is 10.1. The summed E-state index contributed by atoms with van der Waals surface area (Å²) in [4.78, 5) is 8.50. The summed E-state index contributed by atoms with van der Waals surface area (Å²) in [5, 5.41) is 0. The van der Waals surface area contributed by atoms with Crippen LogP contribution in [0.3, 0.4) is 0 Å². The molecule has 2 aromatic rings. The van der Waals surface area contributed by atoms with Gasteiger partial charge in [-0.05, 0) is 19.1 Å². The summed E-state index contributed by atoms with van der Waals surface area (Å²) in [5.41, 5.74) is 4.01. The monoisotopic (exact) mass is 218 g/mol. The van der Waals surface area contributed by atoms with E-state index in [4.69, 9.17) is 11.6 Å². The molecule has 2 nitrogen and oxygen atoms in total. The molecule has 0 unspecified atom stereocenters. The number of nitrogens with zero attached hydrogens (tertiary/aromatic N) is 2. The normalized spacial score (nSPS) is 10.3. The molecule has 0 N–H and O–H groups in total. The van der Waals surface area contributed by atoms with Crippen molar-refractivity contribution in [2.24, 2.45) is 0 Å². The third-order valence-electron chi connectivity index (χ3n) is 2.21. The van der Waals surface area contributed by atoms with Crippen molar-refractivity contribution in [3.63, 3.8) is 0 Å². The second kappa shape index (κ2) is 4.41. The van der Waals surface area contributed by atoms with Crippen molar-refractivity contribution < 1.29 is 0 Å². The lowest BCUT2D eigenvalue weighted by atomic mass is 10.1. The number of rotatable bonds is 2. The quantitative estimate of drug-likeness (QED) is 0.724. The van der Waals surface area contributed by atoms with Gasteiger partial charge in [-0.2, -0.15) is 0 Å². The van der Waals surface area contributed by atoms with Crippen LogP contribution in [0.25, 0.3) is 11.1 Å². The van der Waals surface area contributed by atoms with Crippen LogP contribution >= 0.6 is 11.6 Å². The van der Waals surface area contributed by atoms with Crippen molar-refractivity contribution in [2.75, 3.05) is 0 Å². The fourth-order valence-electron chi connectivity index (χ4n) is 1.50. The highest BCUT2D eigenvalue weighted by atomic mass is 35.5. The van der Waals surface area contributed by atoms with Crippen molar-refractivity contribution in [3.05, 3.63) is 48.0 Å². The zero-order valence-electron chi connectivity index (χ0n) is 8.44. The van der Waals surface area contributed by atoms with Gasteiger partial charge in [-0.1, -0.05) is 12.1 Å². The second-order valence-corrected chi connectivity index (χ2v) is 3.59. The molecule has 0 atom stereocenters. The number of pyridine rings is 2. The minimum absolute atomic E-state index is 0.423. The molecule has 2 rings (SSSR count). The minimum atomic E-state index is 0.423. The maximum Gasteiger partial charge on any atom is 0.0653 e. The first-order chi connectivity index (χ1) is 7.31. The molecule has 2 heterocycles. The van der Waals surface area contributed by atoms with Gasteiger partial charge < -0.3 is 0 Å². The van der Waals surface area contributed by atoms with Gasteiger partial charge in [-0.15, -0.1) is 11.6 Å². The van der Waals surface area contributed by atoms with E-state index >= 15 is 0 Å². The van der Waals surface area contributed by atoms with E-state index in [0.717, 1.165) is 22.5 Å². The largest absolute Gasteiger partial charge is 0.264 e. The zero-order valence-corrected chi connectivity index (χ0v) is 9.20. The van der Waals surface area contributed by atoms with Crippen LogP contribution in [-0.4, -0.2) is 9.97 Å². The smallest absolute Gasteiger partial charge is 0.0653 e. The van der Waals surface area contributed by atoms with E-state index < -0.39 is 0 Å². The molecule has 2 aromatic heterocycles. The van der Waals surface area contributed by atoms with Crippen LogP contribution in [0, 0.1) is 6.92 Å². The van der Waals surface area contributed by atoms with E-state index in [1.165, 1.54) is 0 Å². The van der Waals surface area contributed by atoms with Gasteiger partial charge in [0.2, 0.25) is 0 Å². The van der Waals surface area contributed by atoms with Crippen LogP contribution in [0.4, 0.5) is 0 Å². The SMILES string of the molecule is Cc1ccc(-c2cccnc2)c(CCl)n1. The summed E-state index contributed by atoms with van der Waals surface area (Å²) < 4.78 is 0. The van der Waals surface area contributed by atoms with Gasteiger partial charge in [0.1, 0.15) is 0 Å². The maximum atomic E-state index is 5.87. The molecule has 3 heteroatoms. The van der Waals surface area contributed by atoms with Crippen LogP contribution in [-0.2, 0) is 5.88 Å². The van der Waals surface area contributed by atoms with Gasteiger partial charge in [0.05, 0.1) is 11.6 Å². The third-order valence-corrected chi connectivity index (χ3v) is 2.47. The molecule has 0 fully saturated rings. The van der Waals surface area contributed by atoms with Crippen molar-refractivity contribution in [1.82, 2.24) is 9.97 Å². The molecule has 15 heavy (non-hydrogen) atoms. The maximum absolute atomic E-state index is 5.87. The number of aromatic nitrogens is 2. The lowest BCUT2D eigenvalue weighted by molar-refractivity contribution is 1.10. The Morgan fingerprint density at radius 3 is 2.80 bits per heavy atom. The summed E-state index contributed by atoms with van der Waals surface area (Å²) >= 11 is 5.87. The predicted octanol–water partition coefficient (Wildman–Crippen LogP) is 3.19. The van der Waals surface area contributed by atoms with E-state index in [1.807, 2.05) is 37.4 Å². The van der Waals surface area contributed by atoms with Crippen LogP contribution < -0.4 is 0 Å². The Morgan fingerprint density at radius 2 is 2.13 bits per heavy atom. The van der Waals surface area contributed by atoms with Crippen LogP contribution in [0.15, 0.2) is 36.7 Å². The average molecular weight is 219 g/mol. The lowest BCUT2D eigenvalue weighted by Gasteiger charge is -2.06. The summed E-state index contributed by atoms with van der Waals surface area (Å²) in [6, 6.07) is 7.94. The molecule has 0 saturated heterocycles. The van der Waals surface area contributed by atoms with Gasteiger partial charge in [0, 0.05) is 29.2 Å². The standard InChI is InChI=1S/C12H11ClN2/c1-9-4-5-11(12(7-13)15-9)10-3-2-6-14-8-10/h2-6,8H,7H2,1H3. The molecule has 0 aromatic carbocycles. The Hall–Kier alpha value is -1.41. The number of aryl methyl sites for hydroxylation is 1. The fourth-order valence-corrected chi connectivity index (χ4v) is 1.70. The Morgan fingerprint density at radius 1 is 1.27 bits per heavy atom. The minimum Gasteiger partial charge on any atom is -0.264 e. The van der Waals surface area contributed by atoms with Gasteiger partial charge >= 0.3 is 0 Å². The predicted molar refractivity (Wildman–Crippen MR) is 61.8 cm³/mol. The second-order valence-electron chi connectivity index (χ2n) is 3.32. The molecule has 0 amide bonds. The summed E-state index contributed by atoms with van der Waals surface area (Å²) in [6.45, 7) is 1.96. The lowest BCUT2D eigenvalue weighted by Crippen LogP contribution is -1.93. The molecule has 0 aliphatic rings. The van der Waals surface area contributed by atoms with Gasteiger partial charge in [0.25, 0.3) is 0 Å². The number of alkyl halides is 1. The molecule has 0 saturated carbocycles. The zero-order chi connectivity index (χ0) is 10.7. The highest BCUT2D eigenvalue weighted by Gasteiger charge is 2.05. The number of halogens is 1. The molecule has 0 radical (unpaired) electrons. The highest BCUT2D eigenvalue weighted by Crippen LogP contribution is 2.22. The number of hydrogen-bond donors (Lipinski definition) is 0. The summed E-state index contributed by atoms with van der Waals surface area (Å²) in [5.74, 6) is 0.423. The van der Waals surface area contributed by atoms with Crippen molar-refractivity contribution in [3.8, 4) is 11.1 Å². The van der Waals surface area contributed by atoms with Crippen LogP contribution in [0.5, 0.6) is 0 Å². The van der Waals surface area contributed by atoms with Crippen molar-refractivity contribution in [1.29, 1.82) is 0 Å². The first-order valence-electron chi connectivity index (χ1n) is 4.74. The Labute approximate surface area is 94.0 Å². The molecule has 0 bridgehead atoms. The molecule has 76 valence electrons.